The van der Waals surface area contributed by atoms with E-state index in [0.717, 1.165) is 13.1 Å². The molecule has 0 N–H and O–H groups in total. The number of para-hydroxylation sites is 1. The molecule has 0 bridgehead atoms. The van der Waals surface area contributed by atoms with Crippen molar-refractivity contribution in [1.29, 1.82) is 0 Å². The van der Waals surface area contributed by atoms with Crippen LogP contribution in [0.15, 0.2) is 65.3 Å². The van der Waals surface area contributed by atoms with Crippen molar-refractivity contribution >= 4 is 45.3 Å². The van der Waals surface area contributed by atoms with E-state index < -0.39 is 0 Å². The Morgan fingerprint density at radius 1 is 1.16 bits per heavy atom. The Morgan fingerprint density at radius 3 is 2.84 bits per heavy atom. The first-order chi connectivity index (χ1) is 12.3. The molecule has 0 spiro atoms. The Balaban J connectivity index is 1.61. The second kappa shape index (κ2) is 7.51. The molecule has 0 saturated carbocycles. The Bertz CT molecular complexity index is 888. The fraction of sp³-hybridized carbons (Fsp3) is 0.286. The van der Waals surface area contributed by atoms with Gasteiger partial charge >= 0.3 is 162 Å². The molecular weight excluding hydrogens is 438 g/mol. The zero-order valence-electron chi connectivity index (χ0n) is 14.6. The van der Waals surface area contributed by atoms with E-state index in [1.54, 1.807) is 0 Å². The van der Waals surface area contributed by atoms with Crippen molar-refractivity contribution in [3.63, 3.8) is 0 Å². The summed E-state index contributed by atoms with van der Waals surface area (Å²) in [5.41, 5.74) is 1.40. The van der Waals surface area contributed by atoms with Crippen LogP contribution in [-0.2, 0) is 6.54 Å². The predicted octanol–water partition coefficient (Wildman–Crippen LogP) is 3.38. The number of likely N-dealkylation sites (N-methyl/N-ethyl adjacent to an activating group) is 1. The molecule has 1 saturated heterocycles. The molecule has 2 atom stereocenters. The van der Waals surface area contributed by atoms with Crippen molar-refractivity contribution in [2.75, 3.05) is 6.54 Å². The van der Waals surface area contributed by atoms with Crippen LogP contribution in [0.4, 0.5) is 0 Å². The Kier molecular flexibility index (Phi) is 5.15. The molecule has 1 aromatic heterocycles. The van der Waals surface area contributed by atoms with Crippen LogP contribution in [0.1, 0.15) is 18.4 Å². The van der Waals surface area contributed by atoms with Crippen molar-refractivity contribution in [3.05, 3.63) is 69.9 Å². The van der Waals surface area contributed by atoms with E-state index in [1.165, 1.54) is 18.9 Å². The summed E-state index contributed by atoms with van der Waals surface area (Å²) < 4.78 is 6.97. The molecule has 4 heteroatoms. The van der Waals surface area contributed by atoms with Crippen molar-refractivity contribution in [2.24, 2.45) is 0 Å². The van der Waals surface area contributed by atoms with E-state index in [2.05, 4.69) is 90.1 Å². The van der Waals surface area contributed by atoms with Crippen molar-refractivity contribution in [2.45, 2.75) is 31.3 Å². The van der Waals surface area contributed by atoms with Crippen LogP contribution >= 0.6 is 0 Å². The summed E-state index contributed by atoms with van der Waals surface area (Å²) in [5.74, 6) is 0. The molecule has 1 aliphatic heterocycles. The second-order valence-electron chi connectivity index (χ2n) is 6.15. The average Bonchev–Trinajstić information content (AvgIpc) is 3.18. The average molecular weight is 461 g/mol. The van der Waals surface area contributed by atoms with Crippen LogP contribution in [0.3, 0.4) is 0 Å². The third-order valence-electron chi connectivity index (χ3n) is 4.73. The zero-order chi connectivity index (χ0) is 17.2. The summed E-state index contributed by atoms with van der Waals surface area (Å²) in [6.07, 6.45) is 16.2. The van der Waals surface area contributed by atoms with Gasteiger partial charge in [-0.1, -0.05) is 0 Å². The molecule has 0 amide bonds. The Morgan fingerprint density at radius 2 is 2.00 bits per heavy atom. The maximum absolute atomic E-state index is 2.58. The van der Waals surface area contributed by atoms with Gasteiger partial charge in [0, 0.05) is 0 Å². The van der Waals surface area contributed by atoms with Gasteiger partial charge in [0.25, 0.3) is 0 Å². The van der Waals surface area contributed by atoms with Gasteiger partial charge in [0.05, 0.1) is 0 Å². The SMILES string of the molecule is CCN1C(=CC=Cc2[se]c3ccccc3[n+]2CC)[Se]C2C=CC=CC21. The van der Waals surface area contributed by atoms with Crippen LogP contribution in [0, 0.1) is 0 Å². The molecular formula is C21H23N2Se2+. The predicted molar refractivity (Wildman–Crippen MR) is 108 cm³/mol. The fourth-order valence-electron chi connectivity index (χ4n) is 3.54. The number of hydrogen-bond acceptors (Lipinski definition) is 1. The van der Waals surface area contributed by atoms with E-state index in [0.29, 0.717) is 40.3 Å². The number of hydrogen-bond donors (Lipinski definition) is 0. The summed E-state index contributed by atoms with van der Waals surface area (Å²) in [5, 5.41) is 0. The molecule has 1 aromatic carbocycles. The van der Waals surface area contributed by atoms with E-state index in [9.17, 15) is 0 Å². The number of benzene rings is 1. The van der Waals surface area contributed by atoms with Gasteiger partial charge in [0.15, 0.2) is 0 Å². The third-order valence-corrected chi connectivity index (χ3v) is 9.87. The molecule has 25 heavy (non-hydrogen) atoms. The minimum absolute atomic E-state index is 0.423. The molecule has 2 nitrogen and oxygen atoms in total. The number of aromatic nitrogens is 1. The normalized spacial score (nSPS) is 24.1. The van der Waals surface area contributed by atoms with Crippen LogP contribution in [0.25, 0.3) is 15.9 Å². The van der Waals surface area contributed by atoms with Gasteiger partial charge in [-0.15, -0.1) is 0 Å². The van der Waals surface area contributed by atoms with E-state index >= 15 is 0 Å². The first-order valence-electron chi connectivity index (χ1n) is 8.90. The monoisotopic (exact) mass is 463 g/mol. The molecule has 0 radical (unpaired) electrons. The molecule has 2 aromatic rings. The number of rotatable bonds is 4. The van der Waals surface area contributed by atoms with Crippen LogP contribution in [0.2, 0.25) is 4.82 Å². The van der Waals surface area contributed by atoms with Crippen LogP contribution < -0.4 is 4.57 Å². The molecule has 2 heterocycles. The van der Waals surface area contributed by atoms with E-state index in [4.69, 9.17) is 0 Å². The second-order valence-corrected chi connectivity index (χ2v) is 10.9. The standard InChI is InChI=1S/C21H23N2Se2/c1-3-22-16-10-5-7-12-18(16)24-20(22)14-9-15-21-23(4-2)17-11-6-8-13-19(17)25-21/h5-16,18H,3-4H2,1-2H3/q+1. The summed E-state index contributed by atoms with van der Waals surface area (Å²) in [4.78, 5) is 3.28. The van der Waals surface area contributed by atoms with Gasteiger partial charge in [0.1, 0.15) is 0 Å². The third kappa shape index (κ3) is 3.25. The molecule has 128 valence electrons. The first-order valence-corrected chi connectivity index (χ1v) is 12.5. The number of nitrogens with zero attached hydrogens (tertiary/aromatic N) is 2. The zero-order valence-corrected chi connectivity index (χ0v) is 18.1. The minimum atomic E-state index is 0.423. The van der Waals surface area contributed by atoms with E-state index in [-0.39, 0.29) is 0 Å². The first kappa shape index (κ1) is 17.1. The summed E-state index contributed by atoms with van der Waals surface area (Å²) >= 11 is 0.956. The molecule has 1 aliphatic carbocycles. The summed E-state index contributed by atoms with van der Waals surface area (Å²) in [6.45, 7) is 6.65. The van der Waals surface area contributed by atoms with E-state index in [1.807, 2.05) is 0 Å². The molecule has 2 unspecified atom stereocenters. The van der Waals surface area contributed by atoms with Crippen molar-refractivity contribution in [1.82, 2.24) is 4.90 Å². The van der Waals surface area contributed by atoms with Gasteiger partial charge in [0.2, 0.25) is 0 Å². The maximum atomic E-state index is 2.58. The fourth-order valence-corrected chi connectivity index (χ4v) is 8.80. The molecule has 4 rings (SSSR count). The van der Waals surface area contributed by atoms with Crippen molar-refractivity contribution < 1.29 is 4.57 Å². The number of fused-ring (bicyclic) bond motifs is 2. The summed E-state index contributed by atoms with van der Waals surface area (Å²) in [6, 6.07) is 9.41. The quantitative estimate of drug-likeness (QED) is 0.501. The van der Waals surface area contributed by atoms with Gasteiger partial charge in [-0.2, -0.15) is 0 Å². The summed E-state index contributed by atoms with van der Waals surface area (Å²) in [7, 11) is 0. The number of aryl methyl sites for hydroxylation is 1. The van der Waals surface area contributed by atoms with Gasteiger partial charge in [-0.05, 0) is 0 Å². The Labute approximate surface area is 162 Å². The number of allylic oxidation sites excluding steroid dienone is 4. The van der Waals surface area contributed by atoms with Crippen LogP contribution in [0.5, 0.6) is 0 Å². The van der Waals surface area contributed by atoms with Gasteiger partial charge in [-0.25, -0.2) is 0 Å². The van der Waals surface area contributed by atoms with Gasteiger partial charge in [-0.3, -0.25) is 0 Å². The molecule has 2 aliphatic rings. The Hall–Kier alpha value is -1.31. The topological polar surface area (TPSA) is 7.12 Å². The van der Waals surface area contributed by atoms with Gasteiger partial charge < -0.3 is 0 Å². The van der Waals surface area contributed by atoms with Crippen molar-refractivity contribution in [3.8, 4) is 0 Å². The molecule has 1 fully saturated rings. The van der Waals surface area contributed by atoms with Crippen LogP contribution in [-0.4, -0.2) is 46.9 Å².